The van der Waals surface area contributed by atoms with Gasteiger partial charge in [-0.05, 0) is 17.7 Å². The average Bonchev–Trinajstić information content (AvgIpc) is 2.28. The van der Waals surface area contributed by atoms with Crippen molar-refractivity contribution in [1.82, 2.24) is 0 Å². The van der Waals surface area contributed by atoms with Crippen molar-refractivity contribution in [2.24, 2.45) is 5.14 Å². The number of amides is 1. The summed E-state index contributed by atoms with van der Waals surface area (Å²) in [7, 11) is -3.81. The smallest absolute Gasteiger partial charge is 0.321 e. The van der Waals surface area contributed by atoms with Crippen LogP contribution in [0.1, 0.15) is 5.56 Å². The highest BCUT2D eigenvalue weighted by Gasteiger charge is 2.63. The number of benzene rings is 1. The van der Waals surface area contributed by atoms with Crippen molar-refractivity contribution in [3.8, 4) is 0 Å². The Balaban J connectivity index is 2.84. The van der Waals surface area contributed by atoms with E-state index in [-0.39, 0.29) is 11.3 Å². The number of alkyl halides is 5. The molecule has 118 valence electrons. The van der Waals surface area contributed by atoms with Crippen LogP contribution in [0.4, 0.5) is 27.6 Å². The van der Waals surface area contributed by atoms with Crippen molar-refractivity contribution in [3.63, 3.8) is 0 Å². The van der Waals surface area contributed by atoms with E-state index in [0.29, 0.717) is 0 Å². The Morgan fingerprint density at radius 3 is 1.95 bits per heavy atom. The fourth-order valence-corrected chi connectivity index (χ4v) is 1.91. The summed E-state index contributed by atoms with van der Waals surface area (Å²) in [6, 6.07) is 4.19. The minimum Gasteiger partial charge on any atom is -0.321 e. The molecule has 0 aliphatic rings. The van der Waals surface area contributed by atoms with Crippen LogP contribution in [0.25, 0.3) is 0 Å². The number of primary sulfonamides is 1. The zero-order valence-corrected chi connectivity index (χ0v) is 10.9. The number of nitrogens with one attached hydrogen (secondary N) is 1. The number of halogens is 5. The van der Waals surface area contributed by atoms with Crippen molar-refractivity contribution < 1.29 is 35.2 Å². The predicted octanol–water partition coefficient (Wildman–Crippen LogP) is 1.61. The number of anilines is 1. The van der Waals surface area contributed by atoms with Gasteiger partial charge in [0.15, 0.2) is 0 Å². The van der Waals surface area contributed by atoms with Crippen LogP contribution in [0.15, 0.2) is 24.3 Å². The molecule has 0 atom stereocenters. The lowest BCUT2D eigenvalue weighted by Gasteiger charge is -2.18. The maximum atomic E-state index is 12.7. The Morgan fingerprint density at radius 1 is 1.10 bits per heavy atom. The van der Waals surface area contributed by atoms with Crippen LogP contribution in [0.3, 0.4) is 0 Å². The Kier molecular flexibility index (Phi) is 4.58. The van der Waals surface area contributed by atoms with Crippen LogP contribution in [-0.2, 0) is 20.6 Å². The fraction of sp³-hybridized carbons (Fsp3) is 0.300. The van der Waals surface area contributed by atoms with Crippen LogP contribution in [-0.4, -0.2) is 26.4 Å². The molecule has 0 bridgehead atoms. The highest BCUT2D eigenvalue weighted by molar-refractivity contribution is 7.88. The molecule has 0 heterocycles. The van der Waals surface area contributed by atoms with Gasteiger partial charge in [-0.3, -0.25) is 4.79 Å². The summed E-state index contributed by atoms with van der Waals surface area (Å²) >= 11 is 0. The monoisotopic (exact) mass is 332 g/mol. The number of nitrogens with two attached hydrogens (primary N) is 1. The lowest BCUT2D eigenvalue weighted by atomic mass is 10.2. The van der Waals surface area contributed by atoms with Gasteiger partial charge in [0.2, 0.25) is 10.0 Å². The van der Waals surface area contributed by atoms with Gasteiger partial charge in [0.05, 0.1) is 5.75 Å². The summed E-state index contributed by atoms with van der Waals surface area (Å²) < 4.78 is 82.8. The van der Waals surface area contributed by atoms with Gasteiger partial charge in [0, 0.05) is 5.69 Å². The third kappa shape index (κ3) is 4.63. The average molecular weight is 332 g/mol. The largest absolute Gasteiger partial charge is 0.463 e. The number of rotatable bonds is 4. The van der Waals surface area contributed by atoms with Crippen LogP contribution in [0, 0.1) is 0 Å². The molecule has 11 heteroatoms. The van der Waals surface area contributed by atoms with E-state index in [1.165, 1.54) is 5.32 Å². The Bertz CT molecular complexity index is 625. The van der Waals surface area contributed by atoms with Gasteiger partial charge < -0.3 is 5.32 Å². The van der Waals surface area contributed by atoms with Crippen LogP contribution in [0.2, 0.25) is 0 Å². The molecule has 0 fully saturated rings. The van der Waals surface area contributed by atoms with Crippen molar-refractivity contribution in [2.75, 3.05) is 5.32 Å². The maximum Gasteiger partial charge on any atom is 0.463 e. The fourth-order valence-electron chi connectivity index (χ4n) is 1.25. The quantitative estimate of drug-likeness (QED) is 0.821. The van der Waals surface area contributed by atoms with Crippen molar-refractivity contribution in [1.29, 1.82) is 0 Å². The second-order valence-corrected chi connectivity index (χ2v) is 5.64. The molecule has 0 saturated heterocycles. The molecule has 0 unspecified atom stereocenters. The molecule has 1 rings (SSSR count). The number of carbonyl (C=O) groups is 1. The van der Waals surface area contributed by atoms with Gasteiger partial charge >= 0.3 is 18.0 Å². The summed E-state index contributed by atoms with van der Waals surface area (Å²) in [6.07, 6.45) is -6.01. The van der Waals surface area contributed by atoms with Gasteiger partial charge in [0.1, 0.15) is 0 Å². The van der Waals surface area contributed by atoms with E-state index in [2.05, 4.69) is 0 Å². The molecular formula is C10H9F5N2O3S. The molecule has 21 heavy (non-hydrogen) atoms. The van der Waals surface area contributed by atoms with Crippen molar-refractivity contribution in [2.45, 2.75) is 17.9 Å². The molecule has 0 spiro atoms. The van der Waals surface area contributed by atoms with E-state index in [1.807, 2.05) is 0 Å². The van der Waals surface area contributed by atoms with Gasteiger partial charge in [-0.25, -0.2) is 13.6 Å². The standard InChI is InChI=1S/C10H9F5N2O3S/c11-9(12,10(13,14)15)8(18)17-7-3-1-6(2-4-7)5-21(16,19)20/h1-4H,5H2,(H,17,18)(H2,16,19,20). The molecule has 0 aliphatic carbocycles. The van der Waals surface area contributed by atoms with E-state index in [4.69, 9.17) is 5.14 Å². The molecule has 0 radical (unpaired) electrons. The summed E-state index contributed by atoms with van der Waals surface area (Å²) in [5, 5.41) is 6.16. The predicted molar refractivity (Wildman–Crippen MR) is 62.9 cm³/mol. The minimum atomic E-state index is -6.01. The molecule has 1 amide bonds. The molecule has 0 aliphatic heterocycles. The summed E-state index contributed by atoms with van der Waals surface area (Å²) in [6.45, 7) is 0. The van der Waals surface area contributed by atoms with Crippen molar-refractivity contribution >= 4 is 21.6 Å². The minimum absolute atomic E-state index is 0.179. The first kappa shape index (κ1) is 17.3. The van der Waals surface area contributed by atoms with E-state index < -0.39 is 33.8 Å². The molecule has 1 aromatic rings. The molecule has 0 saturated carbocycles. The first-order valence-corrected chi connectivity index (χ1v) is 6.90. The van der Waals surface area contributed by atoms with E-state index in [0.717, 1.165) is 24.3 Å². The van der Waals surface area contributed by atoms with Gasteiger partial charge in [-0.1, -0.05) is 12.1 Å². The zero-order chi connectivity index (χ0) is 16.5. The second-order valence-electron chi connectivity index (χ2n) is 4.03. The van der Waals surface area contributed by atoms with E-state index in [1.54, 1.807) is 0 Å². The zero-order valence-electron chi connectivity index (χ0n) is 10.1. The highest BCUT2D eigenvalue weighted by Crippen LogP contribution is 2.36. The first-order chi connectivity index (χ1) is 9.33. The lowest BCUT2D eigenvalue weighted by Crippen LogP contribution is -2.47. The number of carbonyl (C=O) groups excluding carboxylic acids is 1. The Morgan fingerprint density at radius 2 is 1.57 bits per heavy atom. The lowest BCUT2D eigenvalue weighted by molar-refractivity contribution is -0.267. The summed E-state index contributed by atoms with van der Waals surface area (Å²) in [5.74, 6) is -8.61. The molecule has 0 aromatic heterocycles. The van der Waals surface area contributed by atoms with Crippen LogP contribution < -0.4 is 10.5 Å². The number of hydrogen-bond donors (Lipinski definition) is 2. The first-order valence-electron chi connectivity index (χ1n) is 5.18. The van der Waals surface area contributed by atoms with E-state index >= 15 is 0 Å². The number of hydrogen-bond acceptors (Lipinski definition) is 3. The molecule has 3 N–H and O–H groups in total. The molecule has 1 aromatic carbocycles. The second kappa shape index (κ2) is 5.56. The normalized spacial score (nSPS) is 13.0. The SMILES string of the molecule is NS(=O)(=O)Cc1ccc(NC(=O)C(F)(F)C(F)(F)F)cc1. The summed E-state index contributed by atoms with van der Waals surface area (Å²) in [4.78, 5) is 10.9. The third-order valence-electron chi connectivity index (χ3n) is 2.22. The number of sulfonamides is 1. The Hall–Kier alpha value is -1.75. The molecular weight excluding hydrogens is 323 g/mol. The van der Waals surface area contributed by atoms with Gasteiger partial charge in [-0.2, -0.15) is 22.0 Å². The molecule has 5 nitrogen and oxygen atoms in total. The highest BCUT2D eigenvalue weighted by atomic mass is 32.2. The van der Waals surface area contributed by atoms with Crippen LogP contribution >= 0.6 is 0 Å². The third-order valence-corrected chi connectivity index (χ3v) is 2.96. The van der Waals surface area contributed by atoms with Gasteiger partial charge in [-0.15, -0.1) is 0 Å². The maximum absolute atomic E-state index is 12.7. The van der Waals surface area contributed by atoms with Crippen LogP contribution in [0.5, 0.6) is 0 Å². The summed E-state index contributed by atoms with van der Waals surface area (Å²) in [5.41, 5.74) is -0.167. The Labute approximate surface area is 116 Å². The van der Waals surface area contributed by atoms with Crippen molar-refractivity contribution in [3.05, 3.63) is 29.8 Å². The van der Waals surface area contributed by atoms with Gasteiger partial charge in [0.25, 0.3) is 0 Å². The topological polar surface area (TPSA) is 89.3 Å². The van der Waals surface area contributed by atoms with E-state index in [9.17, 15) is 35.2 Å².